The zero-order valence-corrected chi connectivity index (χ0v) is 15.7. The Morgan fingerprint density at radius 2 is 2.00 bits per heavy atom. The molecule has 0 spiro atoms. The van der Waals surface area contributed by atoms with Crippen LogP contribution < -0.4 is 10.1 Å². The van der Waals surface area contributed by atoms with Crippen LogP contribution in [0, 0.1) is 6.92 Å². The van der Waals surface area contributed by atoms with Gasteiger partial charge in [0.25, 0.3) is 5.91 Å². The highest BCUT2D eigenvalue weighted by atomic mass is 16.5. The summed E-state index contributed by atoms with van der Waals surface area (Å²) in [5, 5.41) is 4.21. The summed E-state index contributed by atoms with van der Waals surface area (Å²) in [4.78, 5) is 13.2. The monoisotopic (exact) mass is 364 g/mol. The summed E-state index contributed by atoms with van der Waals surface area (Å²) >= 11 is 0. The first-order valence-corrected chi connectivity index (χ1v) is 9.30. The third-order valence-electron chi connectivity index (χ3n) is 5.24. The number of nitrogens with zero attached hydrogens (tertiary/aromatic N) is 1. The van der Waals surface area contributed by atoms with E-state index in [0.717, 1.165) is 46.4 Å². The van der Waals surface area contributed by atoms with E-state index >= 15 is 0 Å². The summed E-state index contributed by atoms with van der Waals surface area (Å²) in [5.41, 5.74) is 3.80. The van der Waals surface area contributed by atoms with Gasteiger partial charge in [0.05, 0.1) is 24.8 Å². The van der Waals surface area contributed by atoms with Gasteiger partial charge in [-0.25, -0.2) is 0 Å². The Morgan fingerprint density at radius 1 is 1.22 bits per heavy atom. The van der Waals surface area contributed by atoms with Crippen molar-refractivity contribution in [2.75, 3.05) is 20.3 Å². The number of amides is 1. The Labute approximate surface area is 158 Å². The Hall–Kier alpha value is -2.79. The third kappa shape index (κ3) is 3.19. The average Bonchev–Trinajstić information content (AvgIpc) is 2.98. The molecule has 2 heterocycles. The fourth-order valence-electron chi connectivity index (χ4n) is 3.91. The summed E-state index contributed by atoms with van der Waals surface area (Å²) in [6, 6.07) is 15.9. The minimum Gasteiger partial charge on any atom is -0.493 e. The number of benzene rings is 2. The van der Waals surface area contributed by atoms with Crippen LogP contribution in [0.25, 0.3) is 10.9 Å². The van der Waals surface area contributed by atoms with Crippen LogP contribution in [0.3, 0.4) is 0 Å². The molecule has 0 unspecified atom stereocenters. The van der Waals surface area contributed by atoms with Gasteiger partial charge in [0.1, 0.15) is 5.75 Å². The number of hydrogen-bond donors (Lipinski definition) is 1. The van der Waals surface area contributed by atoms with Crippen molar-refractivity contribution >= 4 is 16.8 Å². The summed E-state index contributed by atoms with van der Waals surface area (Å²) < 4.78 is 13.1. The van der Waals surface area contributed by atoms with Gasteiger partial charge in [0.2, 0.25) is 0 Å². The maximum Gasteiger partial charge on any atom is 0.254 e. The molecule has 140 valence electrons. The van der Waals surface area contributed by atoms with E-state index in [9.17, 15) is 4.79 Å². The van der Waals surface area contributed by atoms with Crippen molar-refractivity contribution in [1.82, 2.24) is 9.88 Å². The fraction of sp³-hybridized carbons (Fsp3) is 0.318. The van der Waals surface area contributed by atoms with E-state index in [-0.39, 0.29) is 11.9 Å². The molecule has 1 atom stereocenters. The first-order chi connectivity index (χ1) is 13.2. The van der Waals surface area contributed by atoms with Gasteiger partial charge < -0.3 is 19.4 Å². The summed E-state index contributed by atoms with van der Waals surface area (Å²) in [6.07, 6.45) is 0.768. The minimum absolute atomic E-state index is 0.0389. The maximum absolute atomic E-state index is 13.2. The van der Waals surface area contributed by atoms with Gasteiger partial charge in [-0.15, -0.1) is 0 Å². The molecule has 1 aromatic heterocycles. The lowest BCUT2D eigenvalue weighted by molar-refractivity contribution is 0.0925. The molecule has 2 aromatic carbocycles. The highest BCUT2D eigenvalue weighted by Crippen LogP contribution is 2.33. The van der Waals surface area contributed by atoms with E-state index in [1.165, 1.54) is 0 Å². The van der Waals surface area contributed by atoms with E-state index in [4.69, 9.17) is 9.47 Å². The average molecular weight is 364 g/mol. The zero-order chi connectivity index (χ0) is 18.8. The largest absolute Gasteiger partial charge is 0.493 e. The molecule has 0 saturated carbocycles. The molecule has 5 heteroatoms. The Morgan fingerprint density at radius 3 is 2.85 bits per heavy atom. The molecule has 1 amide bonds. The SMILES string of the molecule is COCCn1c(C)c(C(=O)N[C@@H]2CCOc3ccccc32)c2ccccc21. The van der Waals surface area contributed by atoms with Gasteiger partial charge >= 0.3 is 0 Å². The lowest BCUT2D eigenvalue weighted by Crippen LogP contribution is -2.32. The van der Waals surface area contributed by atoms with Gasteiger partial charge in [0, 0.05) is 42.2 Å². The van der Waals surface area contributed by atoms with Crippen molar-refractivity contribution in [1.29, 1.82) is 0 Å². The molecule has 0 aliphatic carbocycles. The molecule has 1 aliphatic rings. The first kappa shape index (κ1) is 17.6. The minimum atomic E-state index is -0.0402. The Balaban J connectivity index is 1.69. The molecule has 4 rings (SSSR count). The molecular weight excluding hydrogens is 340 g/mol. The van der Waals surface area contributed by atoms with Crippen LogP contribution in [0.4, 0.5) is 0 Å². The molecule has 1 N–H and O–H groups in total. The maximum atomic E-state index is 13.2. The number of ether oxygens (including phenoxy) is 2. The number of fused-ring (bicyclic) bond motifs is 2. The van der Waals surface area contributed by atoms with Crippen LogP contribution in [0.5, 0.6) is 5.75 Å². The van der Waals surface area contributed by atoms with E-state index in [2.05, 4.69) is 16.0 Å². The van der Waals surface area contributed by atoms with E-state index < -0.39 is 0 Å². The highest BCUT2D eigenvalue weighted by molar-refractivity contribution is 6.08. The number of para-hydroxylation sites is 2. The summed E-state index contributed by atoms with van der Waals surface area (Å²) in [7, 11) is 1.69. The molecule has 0 fully saturated rings. The molecule has 1 aliphatic heterocycles. The number of nitrogens with one attached hydrogen (secondary N) is 1. The summed E-state index contributed by atoms with van der Waals surface area (Å²) in [6.45, 7) is 3.93. The Kier molecular flexibility index (Phi) is 4.86. The lowest BCUT2D eigenvalue weighted by atomic mass is 10.00. The third-order valence-corrected chi connectivity index (χ3v) is 5.24. The van der Waals surface area contributed by atoms with E-state index in [1.54, 1.807) is 7.11 Å². The molecule has 0 bridgehead atoms. The van der Waals surface area contributed by atoms with Gasteiger partial charge in [-0.05, 0) is 19.1 Å². The fourth-order valence-corrected chi connectivity index (χ4v) is 3.91. The van der Waals surface area contributed by atoms with Gasteiger partial charge in [-0.3, -0.25) is 4.79 Å². The number of rotatable bonds is 5. The molecule has 3 aromatic rings. The quantitative estimate of drug-likeness (QED) is 0.748. The van der Waals surface area contributed by atoms with Crippen LogP contribution in [-0.4, -0.2) is 30.8 Å². The Bertz CT molecular complexity index is 977. The second-order valence-corrected chi connectivity index (χ2v) is 6.82. The van der Waals surface area contributed by atoms with E-state index in [0.29, 0.717) is 13.2 Å². The van der Waals surface area contributed by atoms with Crippen molar-refractivity contribution in [2.24, 2.45) is 0 Å². The van der Waals surface area contributed by atoms with Crippen molar-refractivity contribution in [3.63, 3.8) is 0 Å². The van der Waals surface area contributed by atoms with Crippen molar-refractivity contribution in [3.8, 4) is 5.75 Å². The van der Waals surface area contributed by atoms with Gasteiger partial charge in [0.15, 0.2) is 0 Å². The van der Waals surface area contributed by atoms with Gasteiger partial charge in [-0.1, -0.05) is 36.4 Å². The highest BCUT2D eigenvalue weighted by Gasteiger charge is 2.26. The molecule has 0 saturated heterocycles. The van der Waals surface area contributed by atoms with E-state index in [1.807, 2.05) is 49.4 Å². The van der Waals surface area contributed by atoms with Crippen LogP contribution in [0.1, 0.15) is 34.1 Å². The molecular formula is C22H24N2O3. The number of hydrogen-bond acceptors (Lipinski definition) is 3. The van der Waals surface area contributed by atoms with Crippen molar-refractivity contribution in [2.45, 2.75) is 25.9 Å². The zero-order valence-electron chi connectivity index (χ0n) is 15.7. The normalized spacial score (nSPS) is 16.0. The number of carbonyl (C=O) groups is 1. The topological polar surface area (TPSA) is 52.5 Å². The van der Waals surface area contributed by atoms with Crippen molar-refractivity contribution < 1.29 is 14.3 Å². The molecule has 5 nitrogen and oxygen atoms in total. The first-order valence-electron chi connectivity index (χ1n) is 9.30. The van der Waals surface area contributed by atoms with Crippen LogP contribution in [0.15, 0.2) is 48.5 Å². The number of methoxy groups -OCH3 is 1. The molecule has 0 radical (unpaired) electrons. The van der Waals surface area contributed by atoms with Crippen LogP contribution in [0.2, 0.25) is 0 Å². The smallest absolute Gasteiger partial charge is 0.254 e. The molecule has 27 heavy (non-hydrogen) atoms. The number of carbonyl (C=O) groups excluding carboxylic acids is 1. The second kappa shape index (κ2) is 7.45. The van der Waals surface area contributed by atoms with Crippen LogP contribution >= 0.6 is 0 Å². The second-order valence-electron chi connectivity index (χ2n) is 6.82. The number of aromatic nitrogens is 1. The van der Waals surface area contributed by atoms with Gasteiger partial charge in [-0.2, -0.15) is 0 Å². The van der Waals surface area contributed by atoms with Crippen LogP contribution in [-0.2, 0) is 11.3 Å². The predicted molar refractivity (Wildman–Crippen MR) is 105 cm³/mol. The predicted octanol–water partition coefficient (Wildman–Crippen LogP) is 3.85. The standard InChI is InChI=1S/C22H24N2O3/c1-15-21(17-8-3-5-9-19(17)24(15)12-14-26-2)22(25)23-18-11-13-27-20-10-6-4-7-16(18)20/h3-10,18H,11-14H2,1-2H3,(H,23,25)/t18-/m1/s1. The lowest BCUT2D eigenvalue weighted by Gasteiger charge is -2.26. The summed E-state index contributed by atoms with van der Waals surface area (Å²) in [5.74, 6) is 0.815. The van der Waals surface area contributed by atoms with Crippen molar-refractivity contribution in [3.05, 3.63) is 65.4 Å².